The van der Waals surface area contributed by atoms with Crippen molar-refractivity contribution in [3.8, 4) is 5.75 Å². The third kappa shape index (κ3) is 5.39. The van der Waals surface area contributed by atoms with Crippen molar-refractivity contribution in [3.63, 3.8) is 0 Å². The molecule has 3 atom stereocenters. The first kappa shape index (κ1) is 22.7. The minimum Gasteiger partial charge on any atom is -0.493 e. The topological polar surface area (TPSA) is 137 Å². The molecule has 10 nitrogen and oxygen atoms in total. The first-order valence-corrected chi connectivity index (χ1v) is 10.0. The molecule has 0 radical (unpaired) electrons. The van der Waals surface area contributed by atoms with E-state index in [0.29, 0.717) is 18.8 Å². The lowest BCUT2D eigenvalue weighted by molar-refractivity contribution is -0.384. The Hall–Kier alpha value is -3.95. The zero-order chi connectivity index (χ0) is 23.3. The van der Waals surface area contributed by atoms with Gasteiger partial charge in [0.15, 0.2) is 6.10 Å². The van der Waals surface area contributed by atoms with E-state index in [9.17, 15) is 24.5 Å². The molecule has 0 saturated carbocycles. The third-order valence-corrected chi connectivity index (χ3v) is 4.96. The standard InChI is InChI=1S/C22H23N3O7/c1-13(23-21(27)15-6-5-7-16(12-15)25(29)30)22(28)32-14(2)20(26)24-18-10-11-31-19-9-4-3-8-17(18)19/h3-9,12-14,18H,10-11H2,1-2H3,(H,23,27)(H,24,26)/t13-,14?,18?/m0/s1. The van der Waals surface area contributed by atoms with Crippen LogP contribution in [0.5, 0.6) is 5.75 Å². The Bertz CT molecular complexity index is 1040. The van der Waals surface area contributed by atoms with Gasteiger partial charge in [0, 0.05) is 29.7 Å². The van der Waals surface area contributed by atoms with Gasteiger partial charge >= 0.3 is 5.97 Å². The van der Waals surface area contributed by atoms with E-state index in [2.05, 4.69) is 10.6 Å². The molecule has 0 fully saturated rings. The molecule has 0 spiro atoms. The van der Waals surface area contributed by atoms with Crippen molar-refractivity contribution in [1.29, 1.82) is 0 Å². The summed E-state index contributed by atoms with van der Waals surface area (Å²) >= 11 is 0. The molecule has 0 bridgehead atoms. The molecule has 10 heteroatoms. The summed E-state index contributed by atoms with van der Waals surface area (Å²) in [6, 6.07) is 11.2. The second kappa shape index (κ2) is 9.90. The number of ether oxygens (including phenoxy) is 2. The summed E-state index contributed by atoms with van der Waals surface area (Å²) in [4.78, 5) is 47.4. The fourth-order valence-corrected chi connectivity index (χ4v) is 3.21. The molecular formula is C22H23N3O7. The lowest BCUT2D eigenvalue weighted by atomic mass is 10.0. The van der Waals surface area contributed by atoms with Crippen LogP contribution in [-0.2, 0) is 14.3 Å². The molecule has 0 saturated heterocycles. The Balaban J connectivity index is 1.54. The number of hydrogen-bond donors (Lipinski definition) is 2. The summed E-state index contributed by atoms with van der Waals surface area (Å²) in [6.07, 6.45) is -0.506. The second-order valence-electron chi connectivity index (χ2n) is 7.32. The molecule has 1 aliphatic heterocycles. The minimum atomic E-state index is -1.09. The van der Waals surface area contributed by atoms with E-state index >= 15 is 0 Å². The third-order valence-electron chi connectivity index (χ3n) is 4.96. The number of rotatable bonds is 7. The van der Waals surface area contributed by atoms with Crippen molar-refractivity contribution < 1.29 is 28.8 Å². The Kier molecular flexibility index (Phi) is 7.04. The number of hydrogen-bond acceptors (Lipinski definition) is 7. The van der Waals surface area contributed by atoms with Crippen LogP contribution >= 0.6 is 0 Å². The van der Waals surface area contributed by atoms with Gasteiger partial charge in [-0.1, -0.05) is 24.3 Å². The molecule has 2 aromatic rings. The van der Waals surface area contributed by atoms with Crippen LogP contribution in [-0.4, -0.2) is 41.5 Å². The molecule has 0 aliphatic carbocycles. The quantitative estimate of drug-likeness (QED) is 0.382. The summed E-state index contributed by atoms with van der Waals surface area (Å²) in [7, 11) is 0. The maximum absolute atomic E-state index is 12.5. The Morgan fingerprint density at radius 1 is 1.16 bits per heavy atom. The zero-order valence-electron chi connectivity index (χ0n) is 17.6. The highest BCUT2D eigenvalue weighted by Gasteiger charge is 2.28. The molecule has 32 heavy (non-hydrogen) atoms. The monoisotopic (exact) mass is 441 g/mol. The highest BCUT2D eigenvalue weighted by Crippen LogP contribution is 2.31. The van der Waals surface area contributed by atoms with Gasteiger partial charge in [-0.2, -0.15) is 0 Å². The summed E-state index contributed by atoms with van der Waals surface area (Å²) in [5.74, 6) is -1.25. The van der Waals surface area contributed by atoms with E-state index in [1.807, 2.05) is 24.3 Å². The van der Waals surface area contributed by atoms with Gasteiger partial charge in [-0.15, -0.1) is 0 Å². The summed E-state index contributed by atoms with van der Waals surface area (Å²) in [6.45, 7) is 3.29. The first-order valence-electron chi connectivity index (χ1n) is 10.0. The lowest BCUT2D eigenvalue weighted by Crippen LogP contribution is -2.44. The van der Waals surface area contributed by atoms with Gasteiger partial charge in [0.05, 0.1) is 17.6 Å². The predicted molar refractivity (Wildman–Crippen MR) is 113 cm³/mol. The SMILES string of the molecule is CC(OC(=O)[C@H](C)NC(=O)c1cccc([N+](=O)[O-])c1)C(=O)NC1CCOc2ccccc21. The molecule has 168 valence electrons. The zero-order valence-corrected chi connectivity index (χ0v) is 17.6. The Morgan fingerprint density at radius 3 is 2.66 bits per heavy atom. The summed E-state index contributed by atoms with van der Waals surface area (Å²) in [5, 5.41) is 16.1. The molecule has 2 N–H and O–H groups in total. The van der Waals surface area contributed by atoms with Crippen LogP contribution < -0.4 is 15.4 Å². The number of para-hydroxylation sites is 1. The van der Waals surface area contributed by atoms with Crippen molar-refractivity contribution >= 4 is 23.5 Å². The maximum Gasteiger partial charge on any atom is 0.329 e. The molecule has 2 unspecified atom stereocenters. The number of carbonyl (C=O) groups is 3. The van der Waals surface area contributed by atoms with E-state index in [4.69, 9.17) is 9.47 Å². The van der Waals surface area contributed by atoms with E-state index < -0.39 is 34.9 Å². The number of carbonyl (C=O) groups excluding carboxylic acids is 3. The number of nitro groups is 1. The molecule has 0 aromatic heterocycles. The number of esters is 1. The molecule has 2 amide bonds. The molecular weight excluding hydrogens is 418 g/mol. The fraction of sp³-hybridized carbons (Fsp3) is 0.318. The van der Waals surface area contributed by atoms with Gasteiger partial charge in [0.2, 0.25) is 0 Å². The number of nitrogens with zero attached hydrogens (tertiary/aromatic N) is 1. The normalized spacial score (nSPS) is 16.5. The molecule has 2 aromatic carbocycles. The van der Waals surface area contributed by atoms with Crippen LogP contribution in [0.1, 0.15) is 42.2 Å². The number of amides is 2. The van der Waals surface area contributed by atoms with Gasteiger partial charge in [-0.05, 0) is 26.0 Å². The number of benzene rings is 2. The molecule has 3 rings (SSSR count). The second-order valence-corrected chi connectivity index (χ2v) is 7.32. The van der Waals surface area contributed by atoms with Crippen LogP contribution in [0.3, 0.4) is 0 Å². The van der Waals surface area contributed by atoms with Gasteiger partial charge in [0.1, 0.15) is 11.8 Å². The van der Waals surface area contributed by atoms with Crippen LogP contribution in [0.25, 0.3) is 0 Å². The summed E-state index contributed by atoms with van der Waals surface area (Å²) in [5.41, 5.74) is 0.638. The molecule has 1 aliphatic rings. The van der Waals surface area contributed by atoms with Crippen molar-refractivity contribution in [2.24, 2.45) is 0 Å². The van der Waals surface area contributed by atoms with Crippen LogP contribution in [0.15, 0.2) is 48.5 Å². The fourth-order valence-electron chi connectivity index (χ4n) is 3.21. The number of nitro benzene ring substituents is 1. The number of non-ortho nitro benzene ring substituents is 1. The highest BCUT2D eigenvalue weighted by atomic mass is 16.6. The van der Waals surface area contributed by atoms with Gasteiger partial charge in [-0.25, -0.2) is 4.79 Å². The van der Waals surface area contributed by atoms with E-state index in [1.165, 1.54) is 32.0 Å². The lowest BCUT2D eigenvalue weighted by Gasteiger charge is -2.27. The van der Waals surface area contributed by atoms with Crippen LogP contribution in [0, 0.1) is 10.1 Å². The maximum atomic E-state index is 12.5. The highest BCUT2D eigenvalue weighted by molar-refractivity contribution is 5.97. The minimum absolute atomic E-state index is 0.0304. The predicted octanol–water partition coefficient (Wildman–Crippen LogP) is 2.28. The number of nitrogens with one attached hydrogen (secondary N) is 2. The van der Waals surface area contributed by atoms with Crippen molar-refractivity contribution in [2.45, 2.75) is 38.5 Å². The summed E-state index contributed by atoms with van der Waals surface area (Å²) < 4.78 is 10.8. The van der Waals surface area contributed by atoms with E-state index in [-0.39, 0.29) is 17.3 Å². The largest absolute Gasteiger partial charge is 0.493 e. The van der Waals surface area contributed by atoms with Crippen molar-refractivity contribution in [1.82, 2.24) is 10.6 Å². The average Bonchev–Trinajstić information content (AvgIpc) is 2.79. The van der Waals surface area contributed by atoms with Crippen LogP contribution in [0.2, 0.25) is 0 Å². The van der Waals surface area contributed by atoms with E-state index in [1.54, 1.807) is 0 Å². The number of fused-ring (bicyclic) bond motifs is 1. The molecule has 1 heterocycles. The smallest absolute Gasteiger partial charge is 0.329 e. The van der Waals surface area contributed by atoms with Gasteiger partial charge in [0.25, 0.3) is 17.5 Å². The van der Waals surface area contributed by atoms with Crippen molar-refractivity contribution in [2.75, 3.05) is 6.61 Å². The first-order chi connectivity index (χ1) is 15.3. The Morgan fingerprint density at radius 2 is 1.91 bits per heavy atom. The van der Waals surface area contributed by atoms with E-state index in [0.717, 1.165) is 11.6 Å². The van der Waals surface area contributed by atoms with Gasteiger partial charge < -0.3 is 20.1 Å². The van der Waals surface area contributed by atoms with Crippen molar-refractivity contribution in [3.05, 3.63) is 69.8 Å². The van der Waals surface area contributed by atoms with Crippen LogP contribution in [0.4, 0.5) is 5.69 Å². The van der Waals surface area contributed by atoms with Gasteiger partial charge in [-0.3, -0.25) is 19.7 Å². The average molecular weight is 441 g/mol. The Labute approximate surface area is 184 Å².